The van der Waals surface area contributed by atoms with E-state index in [1.165, 1.54) is 12.8 Å². The van der Waals surface area contributed by atoms with Crippen LogP contribution in [0.5, 0.6) is 0 Å². The number of hydrogen-bond donors (Lipinski definition) is 1. The standard InChI is InChI=1S/C12H24N2O/c1-4-7-14(10(2)3)12(15)9-13-8-11-5-6-11/h10-11,13H,4-9H2,1-3H3. The summed E-state index contributed by atoms with van der Waals surface area (Å²) in [4.78, 5) is 13.8. The topological polar surface area (TPSA) is 32.3 Å². The van der Waals surface area contributed by atoms with Crippen LogP contribution in [0, 0.1) is 5.92 Å². The summed E-state index contributed by atoms with van der Waals surface area (Å²) in [5.41, 5.74) is 0. The van der Waals surface area contributed by atoms with Crippen LogP contribution in [-0.2, 0) is 4.79 Å². The molecule has 0 atom stereocenters. The van der Waals surface area contributed by atoms with E-state index < -0.39 is 0 Å². The van der Waals surface area contributed by atoms with Gasteiger partial charge in [0.15, 0.2) is 0 Å². The molecule has 3 nitrogen and oxygen atoms in total. The minimum absolute atomic E-state index is 0.243. The lowest BCUT2D eigenvalue weighted by Crippen LogP contribution is -2.43. The highest BCUT2D eigenvalue weighted by Gasteiger charge is 2.21. The van der Waals surface area contributed by atoms with Gasteiger partial charge in [-0.05, 0) is 45.6 Å². The Kier molecular flexibility index (Phi) is 5.09. The van der Waals surface area contributed by atoms with Gasteiger partial charge in [0.25, 0.3) is 0 Å². The quantitative estimate of drug-likeness (QED) is 0.695. The third kappa shape index (κ3) is 4.65. The Morgan fingerprint density at radius 3 is 2.60 bits per heavy atom. The Morgan fingerprint density at radius 1 is 1.47 bits per heavy atom. The van der Waals surface area contributed by atoms with Gasteiger partial charge >= 0.3 is 0 Å². The molecule has 1 N–H and O–H groups in total. The second kappa shape index (κ2) is 6.11. The van der Waals surface area contributed by atoms with Crippen LogP contribution in [0.15, 0.2) is 0 Å². The Hall–Kier alpha value is -0.570. The Morgan fingerprint density at radius 2 is 2.13 bits per heavy atom. The Balaban J connectivity index is 2.20. The molecule has 88 valence electrons. The van der Waals surface area contributed by atoms with Crippen LogP contribution in [0.1, 0.15) is 40.0 Å². The number of carbonyl (C=O) groups excluding carboxylic acids is 1. The first-order chi connectivity index (χ1) is 7.15. The van der Waals surface area contributed by atoms with Crippen molar-refractivity contribution in [1.82, 2.24) is 10.2 Å². The lowest BCUT2D eigenvalue weighted by Gasteiger charge is -2.26. The van der Waals surface area contributed by atoms with E-state index >= 15 is 0 Å². The fourth-order valence-corrected chi connectivity index (χ4v) is 1.72. The number of amides is 1. The first-order valence-electron chi connectivity index (χ1n) is 6.15. The molecule has 1 aliphatic rings. The molecule has 0 radical (unpaired) electrons. The van der Waals surface area contributed by atoms with Crippen molar-refractivity contribution in [2.24, 2.45) is 5.92 Å². The van der Waals surface area contributed by atoms with Crippen LogP contribution >= 0.6 is 0 Å². The molecule has 0 aromatic heterocycles. The van der Waals surface area contributed by atoms with Crippen molar-refractivity contribution in [1.29, 1.82) is 0 Å². The molecule has 1 saturated carbocycles. The van der Waals surface area contributed by atoms with E-state index in [0.717, 1.165) is 25.4 Å². The van der Waals surface area contributed by atoms with Crippen LogP contribution in [-0.4, -0.2) is 36.5 Å². The van der Waals surface area contributed by atoms with Gasteiger partial charge in [0.2, 0.25) is 5.91 Å². The summed E-state index contributed by atoms with van der Waals surface area (Å²) >= 11 is 0. The van der Waals surface area contributed by atoms with Gasteiger partial charge in [0.05, 0.1) is 6.54 Å². The summed E-state index contributed by atoms with van der Waals surface area (Å²) < 4.78 is 0. The third-order valence-corrected chi connectivity index (χ3v) is 2.81. The third-order valence-electron chi connectivity index (χ3n) is 2.81. The second-order valence-electron chi connectivity index (χ2n) is 4.76. The van der Waals surface area contributed by atoms with Crippen molar-refractivity contribution in [2.45, 2.75) is 46.1 Å². The molecule has 0 aliphatic heterocycles. The highest BCUT2D eigenvalue weighted by Crippen LogP contribution is 2.27. The summed E-state index contributed by atoms with van der Waals surface area (Å²) in [5, 5.41) is 3.25. The smallest absolute Gasteiger partial charge is 0.236 e. The van der Waals surface area contributed by atoms with Gasteiger partial charge in [-0.2, -0.15) is 0 Å². The molecule has 0 heterocycles. The van der Waals surface area contributed by atoms with E-state index in [2.05, 4.69) is 26.1 Å². The summed E-state index contributed by atoms with van der Waals surface area (Å²) in [6, 6.07) is 0.320. The van der Waals surface area contributed by atoms with Gasteiger partial charge in [-0.3, -0.25) is 4.79 Å². The SMILES string of the molecule is CCCN(C(=O)CNCC1CC1)C(C)C. The number of nitrogens with one attached hydrogen (secondary N) is 1. The first kappa shape index (κ1) is 12.5. The van der Waals surface area contributed by atoms with Gasteiger partial charge in [-0.1, -0.05) is 6.92 Å². The molecule has 0 saturated heterocycles. The zero-order valence-electron chi connectivity index (χ0n) is 10.3. The van der Waals surface area contributed by atoms with Gasteiger partial charge in [-0.25, -0.2) is 0 Å². The molecular weight excluding hydrogens is 188 g/mol. The molecule has 15 heavy (non-hydrogen) atoms. The van der Waals surface area contributed by atoms with Crippen molar-refractivity contribution in [3.05, 3.63) is 0 Å². The van der Waals surface area contributed by atoms with Gasteiger partial charge in [-0.15, -0.1) is 0 Å². The molecule has 0 aromatic rings. The largest absolute Gasteiger partial charge is 0.339 e. The maximum absolute atomic E-state index is 11.8. The fraction of sp³-hybridized carbons (Fsp3) is 0.917. The van der Waals surface area contributed by atoms with Gasteiger partial charge in [0, 0.05) is 12.6 Å². The van der Waals surface area contributed by atoms with Crippen LogP contribution in [0.25, 0.3) is 0 Å². The van der Waals surface area contributed by atoms with Crippen molar-refractivity contribution < 1.29 is 4.79 Å². The summed E-state index contributed by atoms with van der Waals surface area (Å²) in [6.07, 6.45) is 3.71. The molecule has 1 aliphatic carbocycles. The monoisotopic (exact) mass is 212 g/mol. The molecule has 0 aromatic carbocycles. The number of carbonyl (C=O) groups is 1. The van der Waals surface area contributed by atoms with E-state index in [1.54, 1.807) is 0 Å². The average Bonchev–Trinajstić information content (AvgIpc) is 2.97. The predicted octanol–water partition coefficient (Wildman–Crippen LogP) is 1.63. The molecule has 1 fully saturated rings. The van der Waals surface area contributed by atoms with Gasteiger partial charge in [0.1, 0.15) is 0 Å². The van der Waals surface area contributed by atoms with Crippen molar-refractivity contribution >= 4 is 5.91 Å². The van der Waals surface area contributed by atoms with Crippen molar-refractivity contribution in [3.63, 3.8) is 0 Å². The van der Waals surface area contributed by atoms with E-state index in [-0.39, 0.29) is 5.91 Å². The van der Waals surface area contributed by atoms with Crippen LogP contribution in [0.4, 0.5) is 0 Å². The Labute approximate surface area is 93.2 Å². The fourth-order valence-electron chi connectivity index (χ4n) is 1.72. The minimum atomic E-state index is 0.243. The van der Waals surface area contributed by atoms with Crippen LogP contribution in [0.2, 0.25) is 0 Å². The highest BCUT2D eigenvalue weighted by molar-refractivity contribution is 5.78. The van der Waals surface area contributed by atoms with Crippen molar-refractivity contribution in [3.8, 4) is 0 Å². The summed E-state index contributed by atoms with van der Waals surface area (Å²) in [6.45, 7) is 8.67. The lowest BCUT2D eigenvalue weighted by molar-refractivity contribution is -0.131. The maximum atomic E-state index is 11.8. The van der Waals surface area contributed by atoms with Gasteiger partial charge < -0.3 is 10.2 Å². The van der Waals surface area contributed by atoms with Crippen LogP contribution in [0.3, 0.4) is 0 Å². The molecule has 0 unspecified atom stereocenters. The molecule has 0 bridgehead atoms. The molecule has 0 spiro atoms. The predicted molar refractivity (Wildman–Crippen MR) is 62.7 cm³/mol. The summed E-state index contributed by atoms with van der Waals surface area (Å²) in [7, 11) is 0. The zero-order valence-corrected chi connectivity index (χ0v) is 10.3. The average molecular weight is 212 g/mol. The van der Waals surface area contributed by atoms with E-state index in [1.807, 2.05) is 4.90 Å². The molecule has 3 heteroatoms. The van der Waals surface area contributed by atoms with E-state index in [4.69, 9.17) is 0 Å². The highest BCUT2D eigenvalue weighted by atomic mass is 16.2. The number of rotatable bonds is 7. The number of hydrogen-bond acceptors (Lipinski definition) is 2. The molecule has 1 rings (SSSR count). The maximum Gasteiger partial charge on any atom is 0.236 e. The minimum Gasteiger partial charge on any atom is -0.339 e. The number of nitrogens with zero attached hydrogens (tertiary/aromatic N) is 1. The van der Waals surface area contributed by atoms with E-state index in [9.17, 15) is 4.79 Å². The second-order valence-corrected chi connectivity index (χ2v) is 4.76. The van der Waals surface area contributed by atoms with Crippen molar-refractivity contribution in [2.75, 3.05) is 19.6 Å². The van der Waals surface area contributed by atoms with Crippen LogP contribution < -0.4 is 5.32 Å². The Bertz CT molecular complexity index is 200. The first-order valence-corrected chi connectivity index (χ1v) is 6.15. The molecular formula is C12H24N2O. The normalized spacial score (nSPS) is 15.7. The zero-order chi connectivity index (χ0) is 11.3. The molecule has 1 amide bonds. The van der Waals surface area contributed by atoms with E-state index in [0.29, 0.717) is 12.6 Å². The lowest BCUT2D eigenvalue weighted by atomic mass is 10.3. The summed E-state index contributed by atoms with van der Waals surface area (Å²) in [5.74, 6) is 1.09.